The number of carbonyl (C=O) groups is 2. The Balaban J connectivity index is 2.28. The van der Waals surface area contributed by atoms with E-state index in [0.29, 0.717) is 6.54 Å². The molecule has 1 unspecified atom stereocenters. The summed E-state index contributed by atoms with van der Waals surface area (Å²) in [7, 11) is 0. The lowest BCUT2D eigenvalue weighted by atomic mass is 10.0. The fraction of sp³-hybridized carbons (Fsp3) is 0.529. The molecule has 1 aromatic rings. The van der Waals surface area contributed by atoms with Crippen LogP contribution in [0.4, 0.5) is 4.79 Å². The van der Waals surface area contributed by atoms with Gasteiger partial charge in [0.15, 0.2) is 0 Å². The first-order valence-corrected chi connectivity index (χ1v) is 8.92. The number of amides is 2. The van der Waals surface area contributed by atoms with Crippen LogP contribution < -0.4 is 10.6 Å². The Labute approximate surface area is 142 Å². The molecule has 23 heavy (non-hydrogen) atoms. The van der Waals surface area contributed by atoms with Gasteiger partial charge in [0.1, 0.15) is 6.04 Å². The third-order valence-electron chi connectivity index (χ3n) is 3.13. The van der Waals surface area contributed by atoms with Gasteiger partial charge in [-0.2, -0.15) is 0 Å². The minimum atomic E-state index is -0.573. The van der Waals surface area contributed by atoms with Gasteiger partial charge in [-0.25, -0.2) is 4.79 Å². The zero-order chi connectivity index (χ0) is 17.1. The summed E-state index contributed by atoms with van der Waals surface area (Å²) in [5, 5.41) is 5.48. The number of hydrogen-bond donors (Lipinski definition) is 2. The van der Waals surface area contributed by atoms with Gasteiger partial charge in [0.25, 0.3) is 0 Å². The summed E-state index contributed by atoms with van der Waals surface area (Å²) in [6.45, 7) is 6.39. The SMILES string of the molecule is CCOC(=O)NC(C(=O)NCCCSc1ccccc1)C(C)C. The molecule has 0 spiro atoms. The lowest BCUT2D eigenvalue weighted by Crippen LogP contribution is -2.50. The highest BCUT2D eigenvalue weighted by molar-refractivity contribution is 7.99. The van der Waals surface area contributed by atoms with Crippen molar-refractivity contribution < 1.29 is 14.3 Å². The summed E-state index contributed by atoms with van der Waals surface area (Å²) >= 11 is 1.76. The van der Waals surface area contributed by atoms with Crippen molar-refractivity contribution in [3.63, 3.8) is 0 Å². The second-order valence-electron chi connectivity index (χ2n) is 5.39. The van der Waals surface area contributed by atoms with Gasteiger partial charge in [0.2, 0.25) is 5.91 Å². The number of thioether (sulfide) groups is 1. The van der Waals surface area contributed by atoms with Crippen LogP contribution >= 0.6 is 11.8 Å². The monoisotopic (exact) mass is 338 g/mol. The van der Waals surface area contributed by atoms with E-state index in [1.54, 1.807) is 18.7 Å². The molecular weight excluding hydrogens is 312 g/mol. The van der Waals surface area contributed by atoms with E-state index in [-0.39, 0.29) is 18.4 Å². The van der Waals surface area contributed by atoms with Gasteiger partial charge in [-0.3, -0.25) is 4.79 Å². The van der Waals surface area contributed by atoms with Crippen LogP contribution in [0.2, 0.25) is 0 Å². The first-order valence-electron chi connectivity index (χ1n) is 7.93. The molecule has 5 nitrogen and oxygen atoms in total. The molecule has 1 rings (SSSR count). The lowest BCUT2D eigenvalue weighted by Gasteiger charge is -2.21. The molecule has 0 heterocycles. The fourth-order valence-corrected chi connectivity index (χ4v) is 2.81. The highest BCUT2D eigenvalue weighted by atomic mass is 32.2. The van der Waals surface area contributed by atoms with Gasteiger partial charge in [0, 0.05) is 11.4 Å². The molecule has 1 atom stereocenters. The van der Waals surface area contributed by atoms with Gasteiger partial charge < -0.3 is 15.4 Å². The van der Waals surface area contributed by atoms with Gasteiger partial charge in [-0.15, -0.1) is 11.8 Å². The Hall–Kier alpha value is -1.69. The maximum Gasteiger partial charge on any atom is 0.407 e. The van der Waals surface area contributed by atoms with Crippen molar-refractivity contribution in [2.45, 2.75) is 38.1 Å². The van der Waals surface area contributed by atoms with Crippen LogP contribution in [0.15, 0.2) is 35.2 Å². The van der Waals surface area contributed by atoms with Gasteiger partial charge in [-0.1, -0.05) is 32.0 Å². The molecule has 0 radical (unpaired) electrons. The molecule has 0 aliphatic carbocycles. The summed E-state index contributed by atoms with van der Waals surface area (Å²) in [5.41, 5.74) is 0. The maximum atomic E-state index is 12.2. The first-order chi connectivity index (χ1) is 11.0. The predicted octanol–water partition coefficient (Wildman–Crippen LogP) is 3.06. The molecule has 2 amide bonds. The second-order valence-corrected chi connectivity index (χ2v) is 6.56. The van der Waals surface area contributed by atoms with E-state index in [9.17, 15) is 9.59 Å². The van der Waals surface area contributed by atoms with Gasteiger partial charge in [0.05, 0.1) is 6.61 Å². The second kappa shape index (κ2) is 10.9. The third kappa shape index (κ3) is 7.93. The van der Waals surface area contributed by atoms with Crippen LogP contribution in [0.1, 0.15) is 27.2 Å². The quantitative estimate of drug-likeness (QED) is 0.536. The Morgan fingerprint density at radius 2 is 1.91 bits per heavy atom. The number of alkyl carbamates (subject to hydrolysis) is 1. The van der Waals surface area contributed by atoms with Crippen LogP contribution in [-0.2, 0) is 9.53 Å². The van der Waals surface area contributed by atoms with E-state index in [1.165, 1.54) is 4.90 Å². The molecule has 0 saturated carbocycles. The zero-order valence-corrected chi connectivity index (χ0v) is 14.8. The molecule has 0 aliphatic rings. The lowest BCUT2D eigenvalue weighted by molar-refractivity contribution is -0.124. The van der Waals surface area contributed by atoms with E-state index < -0.39 is 12.1 Å². The number of rotatable bonds is 9. The first kappa shape index (κ1) is 19.4. The van der Waals surface area contributed by atoms with Crippen molar-refractivity contribution in [2.24, 2.45) is 5.92 Å². The molecule has 0 fully saturated rings. The van der Waals surface area contributed by atoms with Crippen LogP contribution in [0.5, 0.6) is 0 Å². The number of carbonyl (C=O) groups excluding carboxylic acids is 2. The number of nitrogens with one attached hydrogen (secondary N) is 2. The summed E-state index contributed by atoms with van der Waals surface area (Å²) in [4.78, 5) is 24.9. The molecule has 128 valence electrons. The van der Waals surface area contributed by atoms with Crippen molar-refractivity contribution in [1.29, 1.82) is 0 Å². The van der Waals surface area contributed by atoms with Gasteiger partial charge >= 0.3 is 6.09 Å². The summed E-state index contributed by atoms with van der Waals surface area (Å²) in [5.74, 6) is 0.762. The average Bonchev–Trinajstić information content (AvgIpc) is 2.53. The van der Waals surface area contributed by atoms with E-state index in [4.69, 9.17) is 4.74 Å². The van der Waals surface area contributed by atoms with Crippen molar-refractivity contribution in [3.05, 3.63) is 30.3 Å². The summed E-state index contributed by atoms with van der Waals surface area (Å²) < 4.78 is 4.83. The van der Waals surface area contributed by atoms with Crippen LogP contribution in [-0.4, -0.2) is 36.9 Å². The van der Waals surface area contributed by atoms with E-state index >= 15 is 0 Å². The van der Waals surface area contributed by atoms with E-state index in [2.05, 4.69) is 22.8 Å². The van der Waals surface area contributed by atoms with Gasteiger partial charge in [-0.05, 0) is 37.1 Å². The largest absolute Gasteiger partial charge is 0.450 e. The molecule has 6 heteroatoms. The zero-order valence-electron chi connectivity index (χ0n) is 14.0. The van der Waals surface area contributed by atoms with E-state index in [1.807, 2.05) is 32.0 Å². The summed E-state index contributed by atoms with van der Waals surface area (Å²) in [6.07, 6.45) is 0.316. The molecule has 2 N–H and O–H groups in total. The Kier molecular flexibility index (Phi) is 9.21. The average molecular weight is 338 g/mol. The molecule has 0 bridgehead atoms. The Morgan fingerprint density at radius 1 is 1.22 bits per heavy atom. The minimum absolute atomic E-state index is 0.00176. The minimum Gasteiger partial charge on any atom is -0.450 e. The number of ether oxygens (including phenoxy) is 1. The molecule has 0 aliphatic heterocycles. The van der Waals surface area contributed by atoms with Crippen LogP contribution in [0, 0.1) is 5.92 Å². The van der Waals surface area contributed by atoms with Crippen molar-refractivity contribution in [2.75, 3.05) is 18.9 Å². The van der Waals surface area contributed by atoms with Crippen molar-refractivity contribution in [3.8, 4) is 0 Å². The summed E-state index contributed by atoms with van der Waals surface area (Å²) in [6, 6.07) is 9.59. The topological polar surface area (TPSA) is 67.4 Å². The number of hydrogen-bond acceptors (Lipinski definition) is 4. The highest BCUT2D eigenvalue weighted by Crippen LogP contribution is 2.17. The molecular formula is C17H26N2O3S. The van der Waals surface area contributed by atoms with Crippen molar-refractivity contribution >= 4 is 23.8 Å². The maximum absolute atomic E-state index is 12.2. The highest BCUT2D eigenvalue weighted by Gasteiger charge is 2.24. The number of benzene rings is 1. The third-order valence-corrected chi connectivity index (χ3v) is 4.23. The fourth-order valence-electron chi connectivity index (χ4n) is 1.94. The Morgan fingerprint density at radius 3 is 2.52 bits per heavy atom. The molecule has 1 aromatic carbocycles. The van der Waals surface area contributed by atoms with Crippen LogP contribution in [0.3, 0.4) is 0 Å². The molecule has 0 aromatic heterocycles. The standard InChI is InChI=1S/C17H26N2O3S/c1-4-22-17(21)19-15(13(2)3)16(20)18-11-8-12-23-14-9-6-5-7-10-14/h5-7,9-10,13,15H,4,8,11-12H2,1-3H3,(H,18,20)(H,19,21). The molecule has 0 saturated heterocycles. The Bertz CT molecular complexity index is 480. The van der Waals surface area contributed by atoms with Crippen LogP contribution in [0.25, 0.3) is 0 Å². The normalized spacial score (nSPS) is 11.8. The van der Waals surface area contributed by atoms with Crippen molar-refractivity contribution in [1.82, 2.24) is 10.6 Å². The predicted molar refractivity (Wildman–Crippen MR) is 93.6 cm³/mol. The smallest absolute Gasteiger partial charge is 0.407 e. The van der Waals surface area contributed by atoms with E-state index in [0.717, 1.165) is 12.2 Å².